The van der Waals surface area contributed by atoms with Crippen LogP contribution in [0.3, 0.4) is 0 Å². The van der Waals surface area contributed by atoms with Crippen molar-refractivity contribution >= 4 is 11.8 Å². The third-order valence-corrected chi connectivity index (χ3v) is 5.82. The number of nitrogens with one attached hydrogen (secondary N) is 1. The molecule has 1 aliphatic heterocycles. The molecule has 1 N–H and O–H groups in total. The standard InChI is InChI=1S/C27H29FN2O4/c1-18(2)13-26(32)30-11-10-19-8-9-22(34-17-25(31)29-16-23-7-4-12-33-23)15-24(19)27(30)20-5-3-6-21(28)14-20/h3-9,12,14-15,18,27H,10-11,13,16-17H2,1-2H3,(H,29,31). The highest BCUT2D eigenvalue weighted by Crippen LogP contribution is 2.38. The van der Waals surface area contributed by atoms with Crippen LogP contribution in [0.4, 0.5) is 4.39 Å². The van der Waals surface area contributed by atoms with E-state index in [2.05, 4.69) is 5.32 Å². The van der Waals surface area contributed by atoms with Crippen molar-refractivity contribution in [1.29, 1.82) is 0 Å². The lowest BCUT2D eigenvalue weighted by Gasteiger charge is -2.38. The highest BCUT2D eigenvalue weighted by molar-refractivity contribution is 5.78. The summed E-state index contributed by atoms with van der Waals surface area (Å²) < 4.78 is 25.1. The number of hydrogen-bond acceptors (Lipinski definition) is 4. The summed E-state index contributed by atoms with van der Waals surface area (Å²) in [6.07, 6.45) is 2.68. The van der Waals surface area contributed by atoms with Gasteiger partial charge >= 0.3 is 0 Å². The molecule has 6 nitrogen and oxygen atoms in total. The predicted molar refractivity (Wildman–Crippen MR) is 126 cm³/mol. The van der Waals surface area contributed by atoms with Gasteiger partial charge in [-0.05, 0) is 65.4 Å². The van der Waals surface area contributed by atoms with Crippen LogP contribution in [0.5, 0.6) is 5.75 Å². The molecular formula is C27H29FN2O4. The average Bonchev–Trinajstić information content (AvgIpc) is 3.34. The molecule has 178 valence electrons. The van der Waals surface area contributed by atoms with E-state index in [9.17, 15) is 14.0 Å². The van der Waals surface area contributed by atoms with Gasteiger partial charge in [-0.3, -0.25) is 9.59 Å². The molecule has 0 aliphatic carbocycles. The van der Waals surface area contributed by atoms with E-state index >= 15 is 0 Å². The highest BCUT2D eigenvalue weighted by atomic mass is 19.1. The first-order chi connectivity index (χ1) is 16.4. The van der Waals surface area contributed by atoms with Crippen LogP contribution in [0.2, 0.25) is 0 Å². The Morgan fingerprint density at radius 3 is 2.76 bits per heavy atom. The second-order valence-electron chi connectivity index (χ2n) is 8.90. The number of nitrogens with zero attached hydrogens (tertiary/aromatic N) is 1. The lowest BCUT2D eigenvalue weighted by Crippen LogP contribution is -2.41. The minimum Gasteiger partial charge on any atom is -0.484 e. The first kappa shape index (κ1) is 23.5. The van der Waals surface area contributed by atoms with Crippen LogP contribution < -0.4 is 10.1 Å². The molecule has 1 atom stereocenters. The number of rotatable bonds is 8. The molecule has 4 rings (SSSR count). The van der Waals surface area contributed by atoms with Crippen molar-refractivity contribution in [2.75, 3.05) is 13.2 Å². The van der Waals surface area contributed by atoms with Gasteiger partial charge in [0.05, 0.1) is 18.8 Å². The number of hydrogen-bond donors (Lipinski definition) is 1. The first-order valence-electron chi connectivity index (χ1n) is 11.5. The van der Waals surface area contributed by atoms with Gasteiger partial charge < -0.3 is 19.4 Å². The van der Waals surface area contributed by atoms with Gasteiger partial charge in [-0.15, -0.1) is 0 Å². The van der Waals surface area contributed by atoms with E-state index in [1.54, 1.807) is 24.5 Å². The van der Waals surface area contributed by atoms with E-state index in [4.69, 9.17) is 9.15 Å². The summed E-state index contributed by atoms with van der Waals surface area (Å²) in [4.78, 5) is 27.1. The van der Waals surface area contributed by atoms with Crippen LogP contribution in [-0.2, 0) is 22.6 Å². The van der Waals surface area contributed by atoms with Gasteiger partial charge in [0.1, 0.15) is 17.3 Å². The summed E-state index contributed by atoms with van der Waals surface area (Å²) in [5, 5.41) is 2.75. The van der Waals surface area contributed by atoms with E-state index in [0.29, 0.717) is 36.5 Å². The molecule has 34 heavy (non-hydrogen) atoms. The average molecular weight is 465 g/mol. The third-order valence-electron chi connectivity index (χ3n) is 5.82. The minimum atomic E-state index is -0.415. The number of ether oxygens (including phenoxy) is 1. The van der Waals surface area contributed by atoms with Gasteiger partial charge in [-0.1, -0.05) is 32.0 Å². The van der Waals surface area contributed by atoms with Crippen molar-refractivity contribution in [1.82, 2.24) is 10.2 Å². The Kier molecular flexibility index (Phi) is 7.30. The zero-order valence-corrected chi connectivity index (χ0v) is 19.4. The van der Waals surface area contributed by atoms with Crippen LogP contribution in [0.25, 0.3) is 0 Å². The summed E-state index contributed by atoms with van der Waals surface area (Å²) in [6, 6.07) is 15.1. The zero-order chi connectivity index (χ0) is 24.1. The lowest BCUT2D eigenvalue weighted by atomic mass is 9.87. The summed E-state index contributed by atoms with van der Waals surface area (Å²) in [6.45, 7) is 4.72. The van der Waals surface area contributed by atoms with Gasteiger partial charge in [0.2, 0.25) is 5.91 Å². The van der Waals surface area contributed by atoms with Gasteiger partial charge in [0.15, 0.2) is 6.61 Å². The zero-order valence-electron chi connectivity index (χ0n) is 19.4. The number of amides is 2. The van der Waals surface area contributed by atoms with Crippen molar-refractivity contribution in [3.05, 3.63) is 89.1 Å². The van der Waals surface area contributed by atoms with Crippen LogP contribution in [0.1, 0.15) is 48.8 Å². The molecule has 0 fully saturated rings. The fraction of sp³-hybridized carbons (Fsp3) is 0.333. The maximum atomic E-state index is 14.1. The molecule has 0 bridgehead atoms. The normalized spacial score (nSPS) is 15.2. The number of carbonyl (C=O) groups is 2. The van der Waals surface area contributed by atoms with Crippen molar-refractivity contribution in [2.45, 2.75) is 39.3 Å². The van der Waals surface area contributed by atoms with E-state index in [0.717, 1.165) is 11.1 Å². The molecule has 2 heterocycles. The third kappa shape index (κ3) is 5.65. The highest BCUT2D eigenvalue weighted by Gasteiger charge is 2.32. The smallest absolute Gasteiger partial charge is 0.258 e. The Bertz CT molecular complexity index is 1140. The molecule has 0 saturated carbocycles. The molecule has 7 heteroatoms. The van der Waals surface area contributed by atoms with Crippen molar-refractivity contribution in [3.8, 4) is 5.75 Å². The quantitative estimate of drug-likeness (QED) is 0.528. The van der Waals surface area contributed by atoms with E-state index < -0.39 is 6.04 Å². The minimum absolute atomic E-state index is 0.0403. The van der Waals surface area contributed by atoms with Gasteiger partial charge in [-0.25, -0.2) is 4.39 Å². The Balaban J connectivity index is 1.55. The largest absolute Gasteiger partial charge is 0.484 e. The van der Waals surface area contributed by atoms with Crippen molar-refractivity contribution in [3.63, 3.8) is 0 Å². The molecule has 2 aromatic carbocycles. The molecule has 3 aromatic rings. The topological polar surface area (TPSA) is 71.8 Å². The Morgan fingerprint density at radius 2 is 2.03 bits per heavy atom. The molecule has 2 amide bonds. The molecule has 0 saturated heterocycles. The van der Waals surface area contributed by atoms with E-state index in [1.807, 2.05) is 43.0 Å². The maximum Gasteiger partial charge on any atom is 0.258 e. The fourth-order valence-corrected chi connectivity index (χ4v) is 4.25. The molecule has 1 aliphatic rings. The molecule has 1 aromatic heterocycles. The summed E-state index contributed by atoms with van der Waals surface area (Å²) in [5.74, 6) is 0.818. The first-order valence-corrected chi connectivity index (χ1v) is 11.5. The van der Waals surface area contributed by atoms with Crippen LogP contribution in [0, 0.1) is 11.7 Å². The number of furan rings is 1. The number of benzene rings is 2. The molecule has 0 spiro atoms. The molecule has 0 radical (unpaired) electrons. The van der Waals surface area contributed by atoms with Crippen molar-refractivity contribution < 1.29 is 23.1 Å². The van der Waals surface area contributed by atoms with Gasteiger partial charge in [0, 0.05) is 13.0 Å². The van der Waals surface area contributed by atoms with Gasteiger partial charge in [-0.2, -0.15) is 0 Å². The number of halogens is 1. The summed E-state index contributed by atoms with van der Waals surface area (Å²) in [7, 11) is 0. The van der Waals surface area contributed by atoms with Crippen LogP contribution in [0.15, 0.2) is 65.3 Å². The summed E-state index contributed by atoms with van der Waals surface area (Å²) in [5.41, 5.74) is 2.69. The Labute approximate surface area is 198 Å². The second-order valence-corrected chi connectivity index (χ2v) is 8.90. The van der Waals surface area contributed by atoms with E-state index in [-0.39, 0.29) is 36.7 Å². The van der Waals surface area contributed by atoms with E-state index in [1.165, 1.54) is 12.1 Å². The Morgan fingerprint density at radius 1 is 1.18 bits per heavy atom. The maximum absolute atomic E-state index is 14.1. The number of fused-ring (bicyclic) bond motifs is 1. The van der Waals surface area contributed by atoms with Crippen LogP contribution >= 0.6 is 0 Å². The van der Waals surface area contributed by atoms with Crippen LogP contribution in [-0.4, -0.2) is 29.9 Å². The fourth-order valence-electron chi connectivity index (χ4n) is 4.25. The predicted octanol–water partition coefficient (Wildman–Crippen LogP) is 4.63. The number of carbonyl (C=O) groups excluding carboxylic acids is 2. The van der Waals surface area contributed by atoms with Gasteiger partial charge in [0.25, 0.3) is 5.91 Å². The lowest BCUT2D eigenvalue weighted by molar-refractivity contribution is -0.134. The second kappa shape index (κ2) is 10.5. The van der Waals surface area contributed by atoms with Crippen molar-refractivity contribution in [2.24, 2.45) is 5.92 Å². The SMILES string of the molecule is CC(C)CC(=O)N1CCc2ccc(OCC(=O)NCc3ccco3)cc2C1c1cccc(F)c1. The summed E-state index contributed by atoms with van der Waals surface area (Å²) >= 11 is 0. The Hall–Kier alpha value is -3.61. The monoisotopic (exact) mass is 464 g/mol. The molecule has 1 unspecified atom stereocenters. The molecular weight excluding hydrogens is 435 g/mol.